The van der Waals surface area contributed by atoms with E-state index in [1.807, 2.05) is 37.3 Å². The third-order valence-corrected chi connectivity index (χ3v) is 2.34. The second kappa shape index (κ2) is 5.12. The minimum absolute atomic E-state index is 0.00414. The van der Waals surface area contributed by atoms with Gasteiger partial charge >= 0.3 is 5.97 Å². The summed E-state index contributed by atoms with van der Waals surface area (Å²) in [6, 6.07) is 9.78. The molecule has 3 nitrogen and oxygen atoms in total. The van der Waals surface area contributed by atoms with E-state index in [1.54, 1.807) is 13.8 Å². The minimum atomic E-state index is -0.842. The van der Waals surface area contributed by atoms with Gasteiger partial charge in [-0.3, -0.25) is 4.79 Å². The summed E-state index contributed by atoms with van der Waals surface area (Å²) < 4.78 is 5.75. The molecule has 1 atom stereocenters. The maximum Gasteiger partial charge on any atom is 0.306 e. The van der Waals surface area contributed by atoms with Crippen molar-refractivity contribution in [3.8, 4) is 0 Å². The SMILES string of the molecule is CC(OC(C)(C)CC(=O)O)c1ccccc1. The molecule has 0 bridgehead atoms. The van der Waals surface area contributed by atoms with Crippen molar-refractivity contribution in [2.75, 3.05) is 0 Å². The van der Waals surface area contributed by atoms with Crippen LogP contribution in [0, 0.1) is 0 Å². The molecule has 0 aliphatic rings. The van der Waals surface area contributed by atoms with Crippen LogP contribution in [0.2, 0.25) is 0 Å². The number of carboxylic acids is 1. The fraction of sp³-hybridized carbons (Fsp3) is 0.462. The molecule has 88 valence electrons. The Labute approximate surface area is 96.1 Å². The summed E-state index contributed by atoms with van der Waals surface area (Å²) in [5.41, 5.74) is 0.405. The Kier molecular flexibility index (Phi) is 4.07. The molecule has 0 radical (unpaired) electrons. The Bertz CT molecular complexity index is 343. The van der Waals surface area contributed by atoms with Crippen LogP contribution in [0.1, 0.15) is 38.9 Å². The molecule has 0 spiro atoms. The van der Waals surface area contributed by atoms with Crippen molar-refractivity contribution >= 4 is 5.97 Å². The Morgan fingerprint density at radius 1 is 1.38 bits per heavy atom. The van der Waals surface area contributed by atoms with E-state index in [2.05, 4.69) is 0 Å². The summed E-state index contributed by atoms with van der Waals surface area (Å²) in [4.78, 5) is 10.7. The van der Waals surface area contributed by atoms with Crippen molar-refractivity contribution in [1.29, 1.82) is 0 Å². The smallest absolute Gasteiger partial charge is 0.306 e. The van der Waals surface area contributed by atoms with Crippen LogP contribution in [0.15, 0.2) is 30.3 Å². The van der Waals surface area contributed by atoms with Crippen molar-refractivity contribution < 1.29 is 14.6 Å². The molecule has 1 aromatic carbocycles. The number of carboxylic acid groups (broad SMARTS) is 1. The molecule has 0 saturated carbocycles. The van der Waals surface area contributed by atoms with Gasteiger partial charge in [0.1, 0.15) is 0 Å². The van der Waals surface area contributed by atoms with Crippen LogP contribution < -0.4 is 0 Å². The average molecular weight is 222 g/mol. The van der Waals surface area contributed by atoms with E-state index in [-0.39, 0.29) is 12.5 Å². The van der Waals surface area contributed by atoms with Crippen LogP contribution >= 0.6 is 0 Å². The first-order valence-electron chi connectivity index (χ1n) is 5.35. The Balaban J connectivity index is 2.64. The molecule has 0 amide bonds. The van der Waals surface area contributed by atoms with Crippen molar-refractivity contribution in [1.82, 2.24) is 0 Å². The van der Waals surface area contributed by atoms with Gasteiger partial charge in [-0.15, -0.1) is 0 Å². The van der Waals surface area contributed by atoms with E-state index in [0.29, 0.717) is 0 Å². The first-order chi connectivity index (χ1) is 7.41. The lowest BCUT2D eigenvalue weighted by Gasteiger charge is -2.28. The maximum atomic E-state index is 10.7. The van der Waals surface area contributed by atoms with Gasteiger partial charge in [0.15, 0.2) is 0 Å². The summed E-state index contributed by atoms with van der Waals surface area (Å²) in [5.74, 6) is -0.842. The van der Waals surface area contributed by atoms with Crippen molar-refractivity contribution in [3.63, 3.8) is 0 Å². The lowest BCUT2D eigenvalue weighted by atomic mass is 10.0. The summed E-state index contributed by atoms with van der Waals surface area (Å²) in [7, 11) is 0. The standard InChI is InChI=1S/C13H18O3/c1-10(11-7-5-4-6-8-11)16-13(2,3)9-12(14)15/h4-8,10H,9H2,1-3H3,(H,14,15). The van der Waals surface area contributed by atoms with E-state index in [9.17, 15) is 4.79 Å². The van der Waals surface area contributed by atoms with Gasteiger partial charge in [0, 0.05) is 0 Å². The van der Waals surface area contributed by atoms with Gasteiger partial charge in [0.2, 0.25) is 0 Å². The highest BCUT2D eigenvalue weighted by molar-refractivity contribution is 5.67. The average Bonchev–Trinajstić information content (AvgIpc) is 2.16. The first kappa shape index (κ1) is 12.7. The number of rotatable bonds is 5. The van der Waals surface area contributed by atoms with Crippen molar-refractivity contribution in [2.45, 2.75) is 38.9 Å². The van der Waals surface area contributed by atoms with E-state index in [1.165, 1.54) is 0 Å². The molecule has 0 aromatic heterocycles. The number of aliphatic carboxylic acids is 1. The first-order valence-corrected chi connectivity index (χ1v) is 5.35. The molecule has 0 heterocycles. The molecule has 1 aromatic rings. The van der Waals surface area contributed by atoms with E-state index >= 15 is 0 Å². The van der Waals surface area contributed by atoms with Gasteiger partial charge in [0.25, 0.3) is 0 Å². The number of hydrogen-bond donors (Lipinski definition) is 1. The number of hydrogen-bond acceptors (Lipinski definition) is 2. The fourth-order valence-corrected chi connectivity index (χ4v) is 1.68. The number of ether oxygens (including phenoxy) is 1. The lowest BCUT2D eigenvalue weighted by molar-refractivity contribution is -0.146. The predicted molar refractivity (Wildman–Crippen MR) is 62.3 cm³/mol. The molecule has 0 saturated heterocycles. The molecule has 3 heteroatoms. The number of benzene rings is 1. The van der Waals surface area contributed by atoms with Crippen LogP contribution in [0.5, 0.6) is 0 Å². The number of carbonyl (C=O) groups is 1. The van der Waals surface area contributed by atoms with Crippen LogP contribution in [-0.2, 0) is 9.53 Å². The highest BCUT2D eigenvalue weighted by Gasteiger charge is 2.25. The third kappa shape index (κ3) is 4.03. The van der Waals surface area contributed by atoms with Gasteiger partial charge < -0.3 is 9.84 Å². The van der Waals surface area contributed by atoms with Gasteiger partial charge in [-0.05, 0) is 26.3 Å². The normalized spacial score (nSPS) is 13.4. The van der Waals surface area contributed by atoms with Crippen LogP contribution in [0.3, 0.4) is 0 Å². The van der Waals surface area contributed by atoms with Gasteiger partial charge in [-0.1, -0.05) is 30.3 Å². The molecule has 1 unspecified atom stereocenters. The maximum absolute atomic E-state index is 10.7. The second-order valence-electron chi connectivity index (χ2n) is 4.50. The van der Waals surface area contributed by atoms with E-state index in [4.69, 9.17) is 9.84 Å². The second-order valence-corrected chi connectivity index (χ2v) is 4.50. The predicted octanol–water partition coefficient (Wildman–Crippen LogP) is 3.02. The largest absolute Gasteiger partial charge is 0.481 e. The third-order valence-electron chi connectivity index (χ3n) is 2.34. The lowest BCUT2D eigenvalue weighted by Crippen LogP contribution is -2.29. The molecule has 16 heavy (non-hydrogen) atoms. The molecular weight excluding hydrogens is 204 g/mol. The highest BCUT2D eigenvalue weighted by atomic mass is 16.5. The molecule has 0 aliphatic heterocycles. The quantitative estimate of drug-likeness (QED) is 0.833. The summed E-state index contributed by atoms with van der Waals surface area (Å²) >= 11 is 0. The molecule has 0 aliphatic carbocycles. The van der Waals surface area contributed by atoms with Crippen LogP contribution in [0.25, 0.3) is 0 Å². The van der Waals surface area contributed by atoms with Gasteiger partial charge in [-0.25, -0.2) is 0 Å². The van der Waals surface area contributed by atoms with Gasteiger partial charge in [-0.2, -0.15) is 0 Å². The Morgan fingerprint density at radius 2 is 1.94 bits per heavy atom. The zero-order valence-corrected chi connectivity index (χ0v) is 9.93. The van der Waals surface area contributed by atoms with Crippen LogP contribution in [0.4, 0.5) is 0 Å². The summed E-state index contributed by atoms with van der Waals surface area (Å²) in [5, 5.41) is 8.75. The highest BCUT2D eigenvalue weighted by Crippen LogP contribution is 2.25. The molecule has 0 fully saturated rings. The Morgan fingerprint density at radius 3 is 2.44 bits per heavy atom. The minimum Gasteiger partial charge on any atom is -0.481 e. The fourth-order valence-electron chi connectivity index (χ4n) is 1.68. The van der Waals surface area contributed by atoms with Crippen molar-refractivity contribution in [3.05, 3.63) is 35.9 Å². The van der Waals surface area contributed by atoms with E-state index in [0.717, 1.165) is 5.56 Å². The molecule has 1 rings (SSSR count). The van der Waals surface area contributed by atoms with E-state index < -0.39 is 11.6 Å². The van der Waals surface area contributed by atoms with Crippen molar-refractivity contribution in [2.24, 2.45) is 0 Å². The zero-order valence-electron chi connectivity index (χ0n) is 9.93. The Hall–Kier alpha value is -1.35. The summed E-state index contributed by atoms with van der Waals surface area (Å²) in [6.07, 6.45) is -0.0972. The molecular formula is C13H18O3. The molecule has 1 N–H and O–H groups in total. The van der Waals surface area contributed by atoms with Crippen LogP contribution in [-0.4, -0.2) is 16.7 Å². The summed E-state index contributed by atoms with van der Waals surface area (Å²) in [6.45, 7) is 5.51. The topological polar surface area (TPSA) is 46.5 Å². The van der Waals surface area contributed by atoms with Gasteiger partial charge in [0.05, 0.1) is 18.1 Å². The zero-order chi connectivity index (χ0) is 12.2. The monoisotopic (exact) mass is 222 g/mol.